The van der Waals surface area contributed by atoms with E-state index in [1.165, 1.54) is 10.6 Å². The van der Waals surface area contributed by atoms with Crippen LogP contribution < -0.4 is 11.2 Å². The van der Waals surface area contributed by atoms with Crippen molar-refractivity contribution >= 4 is 0 Å². The highest BCUT2D eigenvalue weighted by Gasteiger charge is 2.06. The van der Waals surface area contributed by atoms with Gasteiger partial charge in [-0.15, -0.1) is 0 Å². The molecule has 5 nitrogen and oxygen atoms in total. The Hall–Kier alpha value is -2.61. The zero-order valence-corrected chi connectivity index (χ0v) is 9.80. The Morgan fingerprint density at radius 2 is 2.06 bits per heavy atom. The molecule has 1 aromatic carbocycles. The number of hydrogen-bond acceptors (Lipinski definition) is 3. The van der Waals surface area contributed by atoms with Gasteiger partial charge in [0.25, 0.3) is 5.56 Å². The van der Waals surface area contributed by atoms with Crippen molar-refractivity contribution in [3.8, 4) is 6.07 Å². The van der Waals surface area contributed by atoms with Crippen LogP contribution >= 0.6 is 0 Å². The van der Waals surface area contributed by atoms with Crippen molar-refractivity contribution in [2.45, 2.75) is 13.5 Å². The summed E-state index contributed by atoms with van der Waals surface area (Å²) in [6.45, 7) is 1.96. The third-order valence-corrected chi connectivity index (χ3v) is 2.71. The summed E-state index contributed by atoms with van der Waals surface area (Å²) in [5, 5.41) is 8.98. The molecule has 0 aliphatic heterocycles. The van der Waals surface area contributed by atoms with Gasteiger partial charge in [-0.05, 0) is 18.6 Å². The van der Waals surface area contributed by atoms with Crippen molar-refractivity contribution in [3.63, 3.8) is 0 Å². The molecule has 0 aliphatic carbocycles. The van der Waals surface area contributed by atoms with Crippen LogP contribution in [0.4, 0.5) is 0 Å². The Labute approximate surface area is 103 Å². The molecule has 0 spiro atoms. The van der Waals surface area contributed by atoms with Crippen LogP contribution in [0, 0.1) is 18.3 Å². The lowest BCUT2D eigenvalue weighted by atomic mass is 10.1. The van der Waals surface area contributed by atoms with Crippen molar-refractivity contribution in [1.82, 2.24) is 9.55 Å². The van der Waals surface area contributed by atoms with Gasteiger partial charge in [-0.25, -0.2) is 4.79 Å². The van der Waals surface area contributed by atoms with Crippen LogP contribution in [0.1, 0.15) is 16.8 Å². The minimum absolute atomic E-state index is 0.269. The number of aromatic amines is 1. The van der Waals surface area contributed by atoms with Crippen LogP contribution in [-0.2, 0) is 6.54 Å². The molecule has 18 heavy (non-hydrogen) atoms. The second kappa shape index (κ2) is 4.72. The van der Waals surface area contributed by atoms with E-state index in [0.29, 0.717) is 11.3 Å². The molecule has 0 saturated heterocycles. The predicted molar refractivity (Wildman–Crippen MR) is 66.3 cm³/mol. The van der Waals surface area contributed by atoms with Crippen molar-refractivity contribution < 1.29 is 0 Å². The molecule has 0 atom stereocenters. The molecule has 0 unspecified atom stereocenters. The summed E-state index contributed by atoms with van der Waals surface area (Å²) in [6, 6.07) is 10.5. The molecule has 0 saturated carbocycles. The first-order chi connectivity index (χ1) is 8.61. The molecule has 90 valence electrons. The lowest BCUT2D eigenvalue weighted by Gasteiger charge is -2.09. The lowest BCUT2D eigenvalue weighted by molar-refractivity contribution is 0.692. The number of nitrogens with one attached hydrogen (secondary N) is 1. The number of H-pyrrole nitrogens is 1. The first-order valence-corrected chi connectivity index (χ1v) is 5.40. The standard InChI is InChI=1S/C13H11N3O2/c1-9-6-12(17)15-13(18)16(9)8-11-5-3-2-4-10(11)7-14/h2-6H,8H2,1H3,(H,15,17,18). The topological polar surface area (TPSA) is 78.7 Å². The average Bonchev–Trinajstić information content (AvgIpc) is 2.34. The Morgan fingerprint density at radius 3 is 2.72 bits per heavy atom. The van der Waals surface area contributed by atoms with Gasteiger partial charge in [0.15, 0.2) is 0 Å². The highest BCUT2D eigenvalue weighted by atomic mass is 16.2. The maximum atomic E-state index is 11.7. The first-order valence-electron chi connectivity index (χ1n) is 5.40. The molecule has 0 amide bonds. The maximum Gasteiger partial charge on any atom is 0.328 e. The monoisotopic (exact) mass is 241 g/mol. The zero-order valence-electron chi connectivity index (χ0n) is 9.80. The van der Waals surface area contributed by atoms with Crippen LogP contribution in [0.3, 0.4) is 0 Å². The van der Waals surface area contributed by atoms with E-state index >= 15 is 0 Å². The summed E-state index contributed by atoms with van der Waals surface area (Å²) >= 11 is 0. The van der Waals surface area contributed by atoms with Gasteiger partial charge in [0, 0.05) is 11.8 Å². The second-order valence-electron chi connectivity index (χ2n) is 3.94. The predicted octanol–water partition coefficient (Wildman–Crippen LogP) is 0.765. The molecular formula is C13H11N3O2. The lowest BCUT2D eigenvalue weighted by Crippen LogP contribution is -2.31. The zero-order chi connectivity index (χ0) is 13.1. The van der Waals surface area contributed by atoms with E-state index in [-0.39, 0.29) is 6.54 Å². The van der Waals surface area contributed by atoms with Gasteiger partial charge >= 0.3 is 5.69 Å². The first kappa shape index (κ1) is 11.9. The fourth-order valence-corrected chi connectivity index (χ4v) is 1.77. The van der Waals surface area contributed by atoms with Crippen molar-refractivity contribution in [2.24, 2.45) is 0 Å². The highest BCUT2D eigenvalue weighted by molar-refractivity contribution is 5.37. The van der Waals surface area contributed by atoms with E-state index in [1.807, 2.05) is 6.07 Å². The molecule has 1 aromatic heterocycles. The molecule has 0 aliphatic rings. The Balaban J connectivity index is 2.51. The van der Waals surface area contributed by atoms with Gasteiger partial charge in [-0.2, -0.15) is 5.26 Å². The fourth-order valence-electron chi connectivity index (χ4n) is 1.77. The van der Waals surface area contributed by atoms with Gasteiger partial charge in [0.05, 0.1) is 18.2 Å². The smallest absolute Gasteiger partial charge is 0.294 e. The highest BCUT2D eigenvalue weighted by Crippen LogP contribution is 2.08. The second-order valence-corrected chi connectivity index (χ2v) is 3.94. The summed E-state index contributed by atoms with van der Waals surface area (Å²) in [7, 11) is 0. The van der Waals surface area contributed by atoms with Crippen LogP contribution in [0.15, 0.2) is 39.9 Å². The Morgan fingerprint density at radius 1 is 1.33 bits per heavy atom. The van der Waals surface area contributed by atoms with E-state index in [0.717, 1.165) is 5.56 Å². The van der Waals surface area contributed by atoms with Crippen LogP contribution in [0.5, 0.6) is 0 Å². The van der Waals surface area contributed by atoms with E-state index in [1.54, 1.807) is 25.1 Å². The molecule has 2 aromatic rings. The number of aromatic nitrogens is 2. The summed E-state index contributed by atoms with van der Waals surface area (Å²) in [5.41, 5.74) is 0.957. The van der Waals surface area contributed by atoms with Gasteiger partial charge in [0.1, 0.15) is 0 Å². The van der Waals surface area contributed by atoms with Crippen molar-refractivity contribution in [2.75, 3.05) is 0 Å². The van der Waals surface area contributed by atoms with Crippen molar-refractivity contribution in [3.05, 3.63) is 68.0 Å². The summed E-state index contributed by atoms with van der Waals surface area (Å²) < 4.78 is 1.43. The SMILES string of the molecule is Cc1cc(=O)[nH]c(=O)n1Cc1ccccc1C#N. The molecule has 1 heterocycles. The quantitative estimate of drug-likeness (QED) is 0.843. The minimum Gasteiger partial charge on any atom is -0.294 e. The molecular weight excluding hydrogens is 230 g/mol. The van der Waals surface area contributed by atoms with E-state index in [4.69, 9.17) is 5.26 Å². The van der Waals surface area contributed by atoms with Crippen LogP contribution in [0.2, 0.25) is 0 Å². The Bertz CT molecular complexity index is 735. The number of aryl methyl sites for hydroxylation is 1. The number of nitrogens with zero attached hydrogens (tertiary/aromatic N) is 2. The largest absolute Gasteiger partial charge is 0.328 e. The molecule has 0 fully saturated rings. The van der Waals surface area contributed by atoms with Crippen LogP contribution in [-0.4, -0.2) is 9.55 Å². The van der Waals surface area contributed by atoms with Gasteiger partial charge in [-0.1, -0.05) is 18.2 Å². The van der Waals surface area contributed by atoms with Crippen molar-refractivity contribution in [1.29, 1.82) is 5.26 Å². The molecule has 0 radical (unpaired) electrons. The normalized spacial score (nSPS) is 10.0. The Kier molecular flexibility index (Phi) is 3.11. The number of benzene rings is 1. The fraction of sp³-hybridized carbons (Fsp3) is 0.154. The third-order valence-electron chi connectivity index (χ3n) is 2.71. The molecule has 0 bridgehead atoms. The number of hydrogen-bond donors (Lipinski definition) is 1. The van der Waals surface area contributed by atoms with E-state index in [2.05, 4.69) is 11.1 Å². The summed E-state index contributed by atoms with van der Waals surface area (Å²) in [6.07, 6.45) is 0. The molecule has 1 N–H and O–H groups in total. The summed E-state index contributed by atoms with van der Waals surface area (Å²) in [5.74, 6) is 0. The van der Waals surface area contributed by atoms with Gasteiger partial charge in [-0.3, -0.25) is 14.3 Å². The number of rotatable bonds is 2. The van der Waals surface area contributed by atoms with Gasteiger partial charge in [0.2, 0.25) is 0 Å². The average molecular weight is 241 g/mol. The molecule has 5 heteroatoms. The van der Waals surface area contributed by atoms with Crippen LogP contribution in [0.25, 0.3) is 0 Å². The maximum absolute atomic E-state index is 11.7. The summed E-state index contributed by atoms with van der Waals surface area (Å²) in [4.78, 5) is 25.0. The third kappa shape index (κ3) is 2.23. The molecule has 2 rings (SSSR count). The number of nitriles is 1. The minimum atomic E-state index is -0.465. The van der Waals surface area contributed by atoms with E-state index < -0.39 is 11.2 Å². The van der Waals surface area contributed by atoms with Gasteiger partial charge < -0.3 is 0 Å². The van der Waals surface area contributed by atoms with E-state index in [9.17, 15) is 9.59 Å².